The third-order valence-electron chi connectivity index (χ3n) is 6.82. The Hall–Kier alpha value is -0.923. The molecule has 2 aliphatic rings. The highest BCUT2D eigenvalue weighted by Crippen LogP contribution is 2.39. The number of hydrogen-bond donors (Lipinski definition) is 0. The van der Waals surface area contributed by atoms with Crippen molar-refractivity contribution < 1.29 is 44.5 Å². The molecule has 2 rings (SSSR count). The molecule has 0 amide bonds. The molecule has 2 bridgehead atoms. The number of esters is 1. The first kappa shape index (κ1) is 31.3. The van der Waals surface area contributed by atoms with Crippen LogP contribution in [0.2, 0.25) is 18.1 Å². The molecule has 13 heteroatoms. The van der Waals surface area contributed by atoms with Crippen LogP contribution in [0.1, 0.15) is 59.8 Å². The van der Waals surface area contributed by atoms with Gasteiger partial charge >= 0.3 is 21.6 Å². The Balaban J connectivity index is 2.28. The van der Waals surface area contributed by atoms with Gasteiger partial charge in [-0.15, -0.1) is 0 Å². The number of ether oxygens (including phenoxy) is 2. The highest BCUT2D eigenvalue weighted by molar-refractivity contribution is 7.87. The molecule has 7 nitrogen and oxygen atoms in total. The minimum Gasteiger partial charge on any atom is -0.459 e. The first-order valence-electron chi connectivity index (χ1n) is 11.8. The summed E-state index contributed by atoms with van der Waals surface area (Å²) in [4.78, 5) is 12.9. The zero-order valence-corrected chi connectivity index (χ0v) is 24.1. The predicted molar refractivity (Wildman–Crippen MR) is 132 cm³/mol. The molecule has 208 valence electrons. The van der Waals surface area contributed by atoms with Crippen LogP contribution in [0.25, 0.3) is 0 Å². The number of halogens is 4. The fourth-order valence-corrected chi connectivity index (χ4v) is 5.56. The molecule has 0 radical (unpaired) electrons. The van der Waals surface area contributed by atoms with Crippen molar-refractivity contribution in [1.82, 2.24) is 0 Å². The second-order valence-corrected chi connectivity index (χ2v) is 17.5. The molecular weight excluding hydrogens is 541 g/mol. The number of alkyl halides is 3. The number of carbonyl (C=O) groups is 1. The quantitative estimate of drug-likeness (QED) is 0.131. The van der Waals surface area contributed by atoms with E-state index in [9.17, 15) is 26.4 Å². The zero-order chi connectivity index (χ0) is 27.5. The Kier molecular flexibility index (Phi) is 10.3. The molecule has 1 saturated heterocycles. The summed E-state index contributed by atoms with van der Waals surface area (Å²) in [5.41, 5.74) is -4.73. The van der Waals surface area contributed by atoms with E-state index in [4.69, 9.17) is 25.5 Å². The van der Waals surface area contributed by atoms with Crippen LogP contribution in [0.15, 0.2) is 22.8 Å². The van der Waals surface area contributed by atoms with Crippen LogP contribution in [0.5, 0.6) is 0 Å². The van der Waals surface area contributed by atoms with Crippen molar-refractivity contribution in [3.8, 4) is 0 Å². The number of hydrogen-bond acceptors (Lipinski definition) is 7. The van der Waals surface area contributed by atoms with Crippen LogP contribution < -0.4 is 0 Å². The Morgan fingerprint density at radius 2 is 1.83 bits per heavy atom. The molecule has 0 aromatic rings. The van der Waals surface area contributed by atoms with Gasteiger partial charge in [0, 0.05) is 11.5 Å². The summed E-state index contributed by atoms with van der Waals surface area (Å²) in [6.07, 6.45) is 2.06. The maximum atomic E-state index is 12.9. The molecule has 2 heterocycles. The first-order chi connectivity index (χ1) is 16.3. The van der Waals surface area contributed by atoms with E-state index < -0.39 is 60.9 Å². The summed E-state index contributed by atoms with van der Waals surface area (Å²) in [6.45, 7) is 11.3. The van der Waals surface area contributed by atoms with E-state index >= 15 is 0 Å². The normalized spacial score (nSPS) is 30.6. The lowest BCUT2D eigenvalue weighted by atomic mass is 10.0. The van der Waals surface area contributed by atoms with E-state index in [2.05, 4.69) is 38.0 Å². The second kappa shape index (κ2) is 11.9. The van der Waals surface area contributed by atoms with E-state index in [0.29, 0.717) is 24.3 Å². The lowest BCUT2D eigenvalue weighted by molar-refractivity contribution is -0.154. The minimum atomic E-state index is -5.81. The maximum Gasteiger partial charge on any atom is 0.523 e. The van der Waals surface area contributed by atoms with E-state index in [1.54, 1.807) is 0 Å². The smallest absolute Gasteiger partial charge is 0.459 e. The second-order valence-electron chi connectivity index (χ2n) is 10.7. The van der Waals surface area contributed by atoms with Crippen LogP contribution >= 0.6 is 11.6 Å². The van der Waals surface area contributed by atoms with Crippen LogP contribution in [0.3, 0.4) is 0 Å². The summed E-state index contributed by atoms with van der Waals surface area (Å²) in [5, 5.41) is 0.479. The Labute approximate surface area is 217 Å². The Bertz CT molecular complexity index is 958. The summed E-state index contributed by atoms with van der Waals surface area (Å²) in [5.74, 6) is -0.616. The number of fused-ring (bicyclic) bond motifs is 2. The standard InChI is InChI=1S/C23H36ClF3O7SSi/c1-15-8-7-9-16(24)10-11-17-12-19(20(32-17)14-31-35(29,30)23(25,26)27)33-21(28)13-18(15)34-36(5,6)22(2,3)4/h8-9,17-20H,7,10-14H2,1-6H3/b15-8-,16-9+/t17-,18-,19-,20-/m0/s1. The molecule has 36 heavy (non-hydrogen) atoms. The van der Waals surface area contributed by atoms with Crippen molar-refractivity contribution in [1.29, 1.82) is 0 Å². The van der Waals surface area contributed by atoms with Crippen LogP contribution in [-0.4, -0.2) is 59.2 Å². The molecule has 0 saturated carbocycles. The number of carbonyl (C=O) groups excluding carboxylic acids is 1. The molecule has 0 spiro atoms. The molecule has 0 aliphatic carbocycles. The van der Waals surface area contributed by atoms with Gasteiger partial charge in [-0.1, -0.05) is 44.5 Å². The highest BCUT2D eigenvalue weighted by atomic mass is 35.5. The van der Waals surface area contributed by atoms with Gasteiger partial charge in [-0.25, -0.2) is 0 Å². The van der Waals surface area contributed by atoms with E-state index in [-0.39, 0.29) is 17.9 Å². The number of allylic oxidation sites excluding steroid dienone is 3. The maximum absolute atomic E-state index is 12.9. The molecule has 2 aliphatic heterocycles. The molecule has 1 fully saturated rings. The van der Waals surface area contributed by atoms with Gasteiger partial charge in [0.1, 0.15) is 12.2 Å². The van der Waals surface area contributed by atoms with Crippen molar-refractivity contribution in [3.05, 3.63) is 22.8 Å². The summed E-state index contributed by atoms with van der Waals surface area (Å²) >= 11 is 6.34. The van der Waals surface area contributed by atoms with Crippen LogP contribution in [0, 0.1) is 0 Å². The van der Waals surface area contributed by atoms with Crippen molar-refractivity contribution in [2.24, 2.45) is 0 Å². The Morgan fingerprint density at radius 1 is 1.19 bits per heavy atom. The summed E-state index contributed by atoms with van der Waals surface area (Å²) < 4.78 is 82.8. The largest absolute Gasteiger partial charge is 0.523 e. The van der Waals surface area contributed by atoms with Crippen molar-refractivity contribution in [2.75, 3.05) is 6.61 Å². The SMILES string of the molecule is C/C1=C/C/C=C(/Cl)CC[C@H]2C[C@H](OC(=O)C[C@@H]1O[Si](C)(C)C(C)(C)C)[C@H](COS(=O)(=O)C(F)(F)F)O2. The fourth-order valence-electron chi connectivity index (χ4n) is 3.58. The fraction of sp³-hybridized carbons (Fsp3) is 0.783. The zero-order valence-electron chi connectivity index (χ0n) is 21.5. The molecular formula is C23H36ClF3O7SSi. The van der Waals surface area contributed by atoms with Gasteiger partial charge in [-0.3, -0.25) is 8.98 Å². The Morgan fingerprint density at radius 3 is 2.42 bits per heavy atom. The van der Waals surface area contributed by atoms with E-state index in [0.717, 1.165) is 5.57 Å². The molecule has 0 aromatic carbocycles. The lowest BCUT2D eigenvalue weighted by Gasteiger charge is -2.39. The molecule has 0 N–H and O–H groups in total. The van der Waals surface area contributed by atoms with Gasteiger partial charge in [0.25, 0.3) is 0 Å². The average molecular weight is 577 g/mol. The van der Waals surface area contributed by atoms with Crippen LogP contribution in [0.4, 0.5) is 13.2 Å². The van der Waals surface area contributed by atoms with Gasteiger partial charge in [0.15, 0.2) is 8.32 Å². The van der Waals surface area contributed by atoms with E-state index in [1.165, 1.54) is 0 Å². The van der Waals surface area contributed by atoms with Gasteiger partial charge in [0.2, 0.25) is 0 Å². The van der Waals surface area contributed by atoms with E-state index in [1.807, 2.05) is 19.1 Å². The third kappa shape index (κ3) is 8.55. The topological polar surface area (TPSA) is 88.1 Å². The average Bonchev–Trinajstić information content (AvgIpc) is 3.09. The van der Waals surface area contributed by atoms with Gasteiger partial charge in [-0.2, -0.15) is 21.6 Å². The minimum absolute atomic E-state index is 0.109. The first-order valence-corrected chi connectivity index (χ1v) is 16.5. The molecule has 0 unspecified atom stereocenters. The van der Waals surface area contributed by atoms with Gasteiger partial charge < -0.3 is 13.9 Å². The number of rotatable bonds is 5. The predicted octanol–water partition coefficient (Wildman–Crippen LogP) is 5.96. The summed E-state index contributed by atoms with van der Waals surface area (Å²) in [6, 6.07) is 0. The highest BCUT2D eigenvalue weighted by Gasteiger charge is 2.49. The summed E-state index contributed by atoms with van der Waals surface area (Å²) in [7, 11) is -8.09. The van der Waals surface area contributed by atoms with Crippen molar-refractivity contribution in [3.63, 3.8) is 0 Å². The van der Waals surface area contributed by atoms with Gasteiger partial charge in [-0.05, 0) is 49.9 Å². The lowest BCUT2D eigenvalue weighted by Crippen LogP contribution is -2.45. The monoisotopic (exact) mass is 576 g/mol. The van der Waals surface area contributed by atoms with Crippen molar-refractivity contribution >= 4 is 36.0 Å². The van der Waals surface area contributed by atoms with Crippen LogP contribution in [-0.2, 0) is 33.0 Å². The third-order valence-corrected chi connectivity index (χ3v) is 12.7. The van der Waals surface area contributed by atoms with Gasteiger partial charge in [0.05, 0.1) is 25.2 Å². The molecule has 4 atom stereocenters. The van der Waals surface area contributed by atoms with Crippen molar-refractivity contribution in [2.45, 2.75) is 108 Å². The molecule has 0 aromatic heterocycles.